The van der Waals surface area contributed by atoms with E-state index in [0.717, 1.165) is 6.42 Å². The Bertz CT molecular complexity index is 615. The number of sulfonamides is 1. The predicted molar refractivity (Wildman–Crippen MR) is 103 cm³/mol. The summed E-state index contributed by atoms with van der Waals surface area (Å²) in [5.41, 5.74) is 1.90. The number of amides is 1. The Morgan fingerprint density at radius 3 is 2.33 bits per heavy atom. The van der Waals surface area contributed by atoms with Crippen LogP contribution in [0.3, 0.4) is 0 Å². The standard InChI is InChI=1S/C17H28N2O3S2/c1-5-13(3)14-7-9-15(10-8-14)18-17(20)16(11-12-23-4)19-24(21,22)6-2/h7-10,13,16,19H,5-6,11-12H2,1-4H3,(H,18,20)/t13-,16-/m1/s1. The molecule has 7 heteroatoms. The molecule has 2 N–H and O–H groups in total. The molecule has 0 aromatic heterocycles. The molecule has 1 rings (SSSR count). The van der Waals surface area contributed by atoms with Gasteiger partial charge in [-0.05, 0) is 55.4 Å². The van der Waals surface area contributed by atoms with E-state index in [0.29, 0.717) is 23.8 Å². The molecule has 0 unspecified atom stereocenters. The van der Waals surface area contributed by atoms with Crippen molar-refractivity contribution in [2.45, 2.75) is 45.6 Å². The van der Waals surface area contributed by atoms with Gasteiger partial charge in [0.1, 0.15) is 6.04 Å². The van der Waals surface area contributed by atoms with E-state index in [1.54, 1.807) is 18.7 Å². The number of carbonyl (C=O) groups excluding carboxylic acids is 1. The lowest BCUT2D eigenvalue weighted by Crippen LogP contribution is -2.44. The van der Waals surface area contributed by atoms with Crippen molar-refractivity contribution in [3.05, 3.63) is 29.8 Å². The molecule has 0 bridgehead atoms. The molecule has 0 spiro atoms. The number of benzene rings is 1. The maximum Gasteiger partial charge on any atom is 0.242 e. The highest BCUT2D eigenvalue weighted by Crippen LogP contribution is 2.20. The summed E-state index contributed by atoms with van der Waals surface area (Å²) in [7, 11) is -3.43. The molecule has 5 nitrogen and oxygen atoms in total. The van der Waals surface area contributed by atoms with Crippen molar-refractivity contribution >= 4 is 33.4 Å². The zero-order valence-electron chi connectivity index (χ0n) is 14.8. The maximum absolute atomic E-state index is 12.4. The van der Waals surface area contributed by atoms with E-state index in [1.807, 2.05) is 30.5 Å². The lowest BCUT2D eigenvalue weighted by molar-refractivity contribution is -0.117. The molecular formula is C17H28N2O3S2. The van der Waals surface area contributed by atoms with Crippen LogP contribution in [0.4, 0.5) is 5.69 Å². The second-order valence-corrected chi connectivity index (χ2v) is 8.80. The summed E-state index contributed by atoms with van der Waals surface area (Å²) in [5, 5.41) is 2.81. The van der Waals surface area contributed by atoms with E-state index < -0.39 is 16.1 Å². The molecule has 1 aromatic rings. The van der Waals surface area contributed by atoms with Crippen molar-refractivity contribution in [1.82, 2.24) is 4.72 Å². The Balaban J connectivity index is 2.79. The van der Waals surface area contributed by atoms with Crippen LogP contribution < -0.4 is 10.0 Å². The van der Waals surface area contributed by atoms with Crippen LogP contribution in [0.15, 0.2) is 24.3 Å². The number of hydrogen-bond donors (Lipinski definition) is 2. The summed E-state index contributed by atoms with van der Waals surface area (Å²) in [6, 6.07) is 6.96. The third kappa shape index (κ3) is 6.83. The molecule has 0 heterocycles. The highest BCUT2D eigenvalue weighted by molar-refractivity contribution is 7.98. The van der Waals surface area contributed by atoms with Gasteiger partial charge in [0.25, 0.3) is 0 Å². The van der Waals surface area contributed by atoms with Crippen LogP contribution in [-0.4, -0.2) is 38.1 Å². The fourth-order valence-corrected chi connectivity index (χ4v) is 3.44. The molecular weight excluding hydrogens is 344 g/mol. The molecule has 0 saturated carbocycles. The van der Waals surface area contributed by atoms with E-state index in [2.05, 4.69) is 23.9 Å². The van der Waals surface area contributed by atoms with Gasteiger partial charge >= 0.3 is 0 Å². The number of thioether (sulfide) groups is 1. The SMILES string of the molecule is CC[C@@H](C)c1ccc(NC(=O)[C@@H](CCSC)NS(=O)(=O)CC)cc1. The summed E-state index contributed by atoms with van der Waals surface area (Å²) in [4.78, 5) is 12.4. The largest absolute Gasteiger partial charge is 0.325 e. The third-order valence-electron chi connectivity index (χ3n) is 3.99. The summed E-state index contributed by atoms with van der Waals surface area (Å²) >= 11 is 1.58. The molecule has 24 heavy (non-hydrogen) atoms. The normalized spacial score (nSPS) is 14.2. The number of anilines is 1. The van der Waals surface area contributed by atoms with Gasteiger partial charge in [-0.1, -0.05) is 26.0 Å². The van der Waals surface area contributed by atoms with Crippen LogP contribution in [0.1, 0.15) is 45.1 Å². The minimum atomic E-state index is -3.43. The van der Waals surface area contributed by atoms with Crippen LogP contribution in [0.2, 0.25) is 0 Å². The fourth-order valence-electron chi connectivity index (χ4n) is 2.14. The Labute approximate surface area is 150 Å². The molecule has 0 aliphatic rings. The lowest BCUT2D eigenvalue weighted by Gasteiger charge is -2.18. The van der Waals surface area contributed by atoms with Crippen LogP contribution in [0, 0.1) is 0 Å². The second kappa shape index (κ2) is 10.1. The van der Waals surface area contributed by atoms with Crippen molar-refractivity contribution in [2.75, 3.05) is 23.1 Å². The van der Waals surface area contributed by atoms with Gasteiger partial charge in [-0.2, -0.15) is 11.8 Å². The van der Waals surface area contributed by atoms with Crippen LogP contribution in [0.5, 0.6) is 0 Å². The van der Waals surface area contributed by atoms with Gasteiger partial charge in [-0.15, -0.1) is 0 Å². The monoisotopic (exact) mass is 372 g/mol. The van der Waals surface area contributed by atoms with Crippen molar-refractivity contribution < 1.29 is 13.2 Å². The Kier molecular flexibility index (Phi) is 8.80. The topological polar surface area (TPSA) is 75.3 Å². The predicted octanol–water partition coefficient (Wildman–Crippen LogP) is 3.20. The first-order valence-corrected chi connectivity index (χ1v) is 11.3. The summed E-state index contributed by atoms with van der Waals surface area (Å²) < 4.78 is 26.1. The minimum absolute atomic E-state index is 0.0420. The number of rotatable bonds is 10. The van der Waals surface area contributed by atoms with Gasteiger partial charge in [0.05, 0.1) is 5.75 Å². The first kappa shape index (κ1) is 21.0. The molecule has 0 aliphatic carbocycles. The number of hydrogen-bond acceptors (Lipinski definition) is 4. The molecule has 1 amide bonds. The molecule has 0 radical (unpaired) electrons. The number of carbonyl (C=O) groups is 1. The summed E-state index contributed by atoms with van der Waals surface area (Å²) in [6.45, 7) is 5.85. The van der Waals surface area contributed by atoms with Gasteiger partial charge in [-0.3, -0.25) is 4.79 Å². The average molecular weight is 373 g/mol. The van der Waals surface area contributed by atoms with Crippen molar-refractivity contribution in [1.29, 1.82) is 0 Å². The first-order valence-electron chi connectivity index (χ1n) is 8.22. The zero-order valence-corrected chi connectivity index (χ0v) is 16.5. The van der Waals surface area contributed by atoms with Crippen molar-refractivity contribution in [3.63, 3.8) is 0 Å². The van der Waals surface area contributed by atoms with Gasteiger partial charge in [-0.25, -0.2) is 13.1 Å². The van der Waals surface area contributed by atoms with E-state index in [4.69, 9.17) is 0 Å². The van der Waals surface area contributed by atoms with Gasteiger partial charge in [0.2, 0.25) is 15.9 Å². The lowest BCUT2D eigenvalue weighted by atomic mass is 9.98. The van der Waals surface area contributed by atoms with Crippen LogP contribution in [0.25, 0.3) is 0 Å². The van der Waals surface area contributed by atoms with Crippen LogP contribution >= 0.6 is 11.8 Å². The molecule has 2 atom stereocenters. The Morgan fingerprint density at radius 1 is 1.21 bits per heavy atom. The highest BCUT2D eigenvalue weighted by Gasteiger charge is 2.23. The maximum atomic E-state index is 12.4. The molecule has 1 aromatic carbocycles. The summed E-state index contributed by atoms with van der Waals surface area (Å²) in [6.07, 6.45) is 3.44. The second-order valence-electron chi connectivity index (χ2n) is 5.78. The molecule has 0 saturated heterocycles. The third-order valence-corrected chi connectivity index (χ3v) is 6.04. The van der Waals surface area contributed by atoms with E-state index in [9.17, 15) is 13.2 Å². The van der Waals surface area contributed by atoms with Crippen molar-refractivity contribution in [3.8, 4) is 0 Å². The van der Waals surface area contributed by atoms with E-state index >= 15 is 0 Å². The zero-order chi connectivity index (χ0) is 18.2. The average Bonchev–Trinajstić information content (AvgIpc) is 2.58. The quantitative estimate of drug-likeness (QED) is 0.661. The van der Waals surface area contributed by atoms with Gasteiger partial charge < -0.3 is 5.32 Å². The molecule has 0 fully saturated rings. The van der Waals surface area contributed by atoms with Gasteiger partial charge in [0.15, 0.2) is 0 Å². The smallest absolute Gasteiger partial charge is 0.242 e. The fraction of sp³-hybridized carbons (Fsp3) is 0.588. The molecule has 0 aliphatic heterocycles. The van der Waals surface area contributed by atoms with E-state index in [-0.39, 0.29) is 11.7 Å². The Hall–Kier alpha value is -1.05. The minimum Gasteiger partial charge on any atom is -0.325 e. The van der Waals surface area contributed by atoms with Crippen molar-refractivity contribution in [2.24, 2.45) is 0 Å². The van der Waals surface area contributed by atoms with Gasteiger partial charge in [0, 0.05) is 5.69 Å². The highest BCUT2D eigenvalue weighted by atomic mass is 32.2. The number of nitrogens with one attached hydrogen (secondary N) is 2. The first-order chi connectivity index (χ1) is 11.3. The molecule has 136 valence electrons. The summed E-state index contributed by atoms with van der Waals surface area (Å²) in [5.74, 6) is 0.814. The van der Waals surface area contributed by atoms with Crippen LogP contribution in [-0.2, 0) is 14.8 Å². The van der Waals surface area contributed by atoms with E-state index in [1.165, 1.54) is 5.56 Å². The Morgan fingerprint density at radius 2 is 1.83 bits per heavy atom.